The van der Waals surface area contributed by atoms with Crippen LogP contribution in [0.1, 0.15) is 0 Å². The van der Waals surface area contributed by atoms with Crippen LogP contribution in [0, 0.1) is 0 Å². The summed E-state index contributed by atoms with van der Waals surface area (Å²) in [7, 11) is 3.29. The zero-order valence-corrected chi connectivity index (χ0v) is 8.75. The van der Waals surface area contributed by atoms with Crippen LogP contribution >= 0.6 is 24.0 Å². The average molecular weight is 279 g/mol. The first-order valence-corrected chi connectivity index (χ1v) is 2.79. The third-order valence-electron chi connectivity index (χ3n) is 0.849. The summed E-state index contributed by atoms with van der Waals surface area (Å²) < 4.78 is 23.0. The molecule has 0 spiro atoms. The Hall–Kier alpha value is -0.140. The van der Waals surface area contributed by atoms with Crippen LogP contribution in [0.4, 0.5) is 8.78 Å². The first kappa shape index (κ1) is 13.4. The van der Waals surface area contributed by atoms with E-state index >= 15 is 0 Å². The van der Waals surface area contributed by atoms with Gasteiger partial charge in [0.2, 0.25) is 0 Å². The van der Waals surface area contributed by atoms with Crippen LogP contribution < -0.4 is 5.73 Å². The van der Waals surface area contributed by atoms with E-state index in [9.17, 15) is 8.78 Å². The Labute approximate surface area is 81.7 Å². The van der Waals surface area contributed by atoms with Crippen LogP contribution in [0.25, 0.3) is 0 Å². The molecule has 0 aromatic carbocycles. The molecule has 11 heavy (non-hydrogen) atoms. The number of aliphatic imine (C=N–C) groups is 1. The molecule has 0 fully saturated rings. The molecule has 2 N–H and O–H groups in total. The molecular weight excluding hydrogens is 267 g/mol. The van der Waals surface area contributed by atoms with Gasteiger partial charge in [-0.05, 0) is 0 Å². The summed E-state index contributed by atoms with van der Waals surface area (Å²) in [5.74, 6) is 0.125. The molecule has 6 heteroatoms. The van der Waals surface area contributed by atoms with Gasteiger partial charge in [-0.2, -0.15) is 0 Å². The Kier molecular flexibility index (Phi) is 8.02. The molecule has 0 aromatic heterocycles. The minimum Gasteiger partial charge on any atom is -0.370 e. The molecule has 0 heterocycles. The second-order valence-corrected chi connectivity index (χ2v) is 1.98. The summed E-state index contributed by atoms with van der Waals surface area (Å²) in [6, 6.07) is 0. The molecule has 0 aromatic rings. The topological polar surface area (TPSA) is 41.6 Å². The maximum atomic E-state index is 11.5. The van der Waals surface area contributed by atoms with Gasteiger partial charge in [0.1, 0.15) is 6.54 Å². The van der Waals surface area contributed by atoms with Crippen LogP contribution in [0.3, 0.4) is 0 Å². The van der Waals surface area contributed by atoms with Crippen LogP contribution in [-0.4, -0.2) is 37.9 Å². The lowest BCUT2D eigenvalue weighted by atomic mass is 10.7. The minimum absolute atomic E-state index is 0. The zero-order valence-electron chi connectivity index (χ0n) is 6.42. The van der Waals surface area contributed by atoms with E-state index < -0.39 is 13.0 Å². The fourth-order valence-electron chi connectivity index (χ4n) is 0.304. The van der Waals surface area contributed by atoms with Crippen molar-refractivity contribution < 1.29 is 8.78 Å². The molecular formula is C5H12F2IN3. The fourth-order valence-corrected chi connectivity index (χ4v) is 0.304. The van der Waals surface area contributed by atoms with Gasteiger partial charge in [0, 0.05) is 14.1 Å². The molecule has 0 aliphatic carbocycles. The lowest BCUT2D eigenvalue weighted by Gasteiger charge is -2.09. The van der Waals surface area contributed by atoms with E-state index in [0.29, 0.717) is 0 Å². The number of hydrogen-bond acceptors (Lipinski definition) is 1. The second kappa shape index (κ2) is 6.56. The predicted molar refractivity (Wildman–Crippen MR) is 51.6 cm³/mol. The highest BCUT2D eigenvalue weighted by Crippen LogP contribution is 1.91. The maximum Gasteiger partial charge on any atom is 0.257 e. The van der Waals surface area contributed by atoms with E-state index in [4.69, 9.17) is 5.73 Å². The number of nitrogens with two attached hydrogens (primary N) is 1. The highest BCUT2D eigenvalue weighted by atomic mass is 127. The molecule has 0 saturated carbocycles. The van der Waals surface area contributed by atoms with Gasteiger partial charge in [-0.15, -0.1) is 24.0 Å². The SMILES string of the molecule is CN(C)C(N)=NCC(F)F.I. The first-order valence-electron chi connectivity index (χ1n) is 2.79. The van der Waals surface area contributed by atoms with E-state index in [1.54, 1.807) is 14.1 Å². The van der Waals surface area contributed by atoms with Crippen LogP contribution in [-0.2, 0) is 0 Å². The van der Waals surface area contributed by atoms with Crippen molar-refractivity contribution >= 4 is 29.9 Å². The van der Waals surface area contributed by atoms with Crippen molar-refractivity contribution in [2.75, 3.05) is 20.6 Å². The second-order valence-electron chi connectivity index (χ2n) is 1.98. The monoisotopic (exact) mass is 279 g/mol. The van der Waals surface area contributed by atoms with Crippen LogP contribution in [0.15, 0.2) is 4.99 Å². The summed E-state index contributed by atoms with van der Waals surface area (Å²) in [4.78, 5) is 4.87. The lowest BCUT2D eigenvalue weighted by molar-refractivity contribution is 0.158. The Morgan fingerprint density at radius 2 is 2.00 bits per heavy atom. The smallest absolute Gasteiger partial charge is 0.257 e. The van der Waals surface area contributed by atoms with Gasteiger partial charge in [-0.25, -0.2) is 13.8 Å². The van der Waals surface area contributed by atoms with Crippen molar-refractivity contribution in [2.24, 2.45) is 10.7 Å². The lowest BCUT2D eigenvalue weighted by Crippen LogP contribution is -2.30. The minimum atomic E-state index is -2.42. The molecule has 0 atom stereocenters. The highest BCUT2D eigenvalue weighted by Gasteiger charge is 2.00. The zero-order chi connectivity index (χ0) is 8.15. The molecule has 0 radical (unpaired) electrons. The molecule has 3 nitrogen and oxygen atoms in total. The molecule has 0 aliphatic heterocycles. The van der Waals surface area contributed by atoms with Gasteiger partial charge in [0.15, 0.2) is 5.96 Å². The third-order valence-corrected chi connectivity index (χ3v) is 0.849. The van der Waals surface area contributed by atoms with E-state index in [0.717, 1.165) is 0 Å². The average Bonchev–Trinajstić information content (AvgIpc) is 1.82. The van der Waals surface area contributed by atoms with Crippen molar-refractivity contribution in [3.63, 3.8) is 0 Å². The number of hydrogen-bond donors (Lipinski definition) is 1. The van der Waals surface area contributed by atoms with Gasteiger partial charge < -0.3 is 10.6 Å². The van der Waals surface area contributed by atoms with E-state index in [1.165, 1.54) is 4.90 Å². The molecule has 0 amide bonds. The molecule has 0 saturated heterocycles. The quantitative estimate of drug-likeness (QED) is 0.460. The van der Waals surface area contributed by atoms with Crippen molar-refractivity contribution in [3.05, 3.63) is 0 Å². The number of halogens is 3. The Balaban J connectivity index is 0. The largest absolute Gasteiger partial charge is 0.370 e. The fraction of sp³-hybridized carbons (Fsp3) is 0.800. The number of guanidine groups is 1. The van der Waals surface area contributed by atoms with E-state index in [-0.39, 0.29) is 29.9 Å². The molecule has 0 bridgehead atoms. The van der Waals surface area contributed by atoms with Gasteiger partial charge in [-0.1, -0.05) is 0 Å². The predicted octanol–water partition coefficient (Wildman–Crippen LogP) is 0.746. The van der Waals surface area contributed by atoms with Crippen molar-refractivity contribution in [3.8, 4) is 0 Å². The van der Waals surface area contributed by atoms with Crippen molar-refractivity contribution in [1.29, 1.82) is 0 Å². The Bertz CT molecular complexity index is 127. The van der Waals surface area contributed by atoms with Gasteiger partial charge in [0.05, 0.1) is 0 Å². The standard InChI is InChI=1S/C5H11F2N3.HI/c1-10(2)5(8)9-3-4(6)7;/h4H,3H2,1-2H3,(H2,8,9);1H. The van der Waals surface area contributed by atoms with E-state index in [2.05, 4.69) is 4.99 Å². The Morgan fingerprint density at radius 1 is 1.55 bits per heavy atom. The maximum absolute atomic E-state index is 11.5. The highest BCUT2D eigenvalue weighted by molar-refractivity contribution is 14.0. The summed E-state index contributed by atoms with van der Waals surface area (Å²) in [5.41, 5.74) is 5.21. The van der Waals surface area contributed by atoms with Crippen LogP contribution in [0.5, 0.6) is 0 Å². The van der Waals surface area contributed by atoms with Crippen LogP contribution in [0.2, 0.25) is 0 Å². The van der Waals surface area contributed by atoms with Gasteiger partial charge in [0.25, 0.3) is 6.43 Å². The summed E-state index contributed by atoms with van der Waals surface area (Å²) in [5, 5.41) is 0. The molecule has 0 aliphatic rings. The van der Waals surface area contributed by atoms with Crippen molar-refractivity contribution in [2.45, 2.75) is 6.43 Å². The van der Waals surface area contributed by atoms with Crippen molar-refractivity contribution in [1.82, 2.24) is 4.90 Å². The molecule has 68 valence electrons. The number of alkyl halides is 2. The normalized spacial score (nSPS) is 11.2. The summed E-state index contributed by atoms with van der Waals surface area (Å²) in [6.45, 7) is -0.524. The first-order chi connectivity index (χ1) is 4.54. The summed E-state index contributed by atoms with van der Waals surface area (Å²) >= 11 is 0. The molecule has 0 unspecified atom stereocenters. The summed E-state index contributed by atoms with van der Waals surface area (Å²) in [6.07, 6.45) is -2.42. The Morgan fingerprint density at radius 3 is 2.27 bits per heavy atom. The van der Waals surface area contributed by atoms with Gasteiger partial charge in [-0.3, -0.25) is 0 Å². The molecule has 0 rings (SSSR count). The number of nitrogens with zero attached hydrogens (tertiary/aromatic N) is 2. The number of rotatable bonds is 2. The van der Waals surface area contributed by atoms with Gasteiger partial charge >= 0.3 is 0 Å². The third kappa shape index (κ3) is 7.76. The van der Waals surface area contributed by atoms with E-state index in [1.807, 2.05) is 0 Å².